The zero-order chi connectivity index (χ0) is 19.6. The second-order valence-electron chi connectivity index (χ2n) is 6.13. The Labute approximate surface area is 153 Å². The van der Waals surface area contributed by atoms with Crippen LogP contribution in [0.1, 0.15) is 12.0 Å². The molecular formula is C18H19FN4O4. The summed E-state index contributed by atoms with van der Waals surface area (Å²) in [7, 11) is 2.92. The lowest BCUT2D eigenvalue weighted by Crippen LogP contribution is -2.37. The first kappa shape index (κ1) is 18.6. The third-order valence-corrected chi connectivity index (χ3v) is 4.37. The normalized spacial score (nSPS) is 11.1. The van der Waals surface area contributed by atoms with Gasteiger partial charge in [-0.3, -0.25) is 18.7 Å². The van der Waals surface area contributed by atoms with Gasteiger partial charge in [0, 0.05) is 20.5 Å². The molecule has 0 aliphatic rings. The van der Waals surface area contributed by atoms with Crippen LogP contribution >= 0.6 is 0 Å². The van der Waals surface area contributed by atoms with Crippen LogP contribution in [-0.2, 0) is 36.6 Å². The van der Waals surface area contributed by atoms with Crippen molar-refractivity contribution in [3.63, 3.8) is 0 Å². The Balaban J connectivity index is 1.63. The first-order valence-corrected chi connectivity index (χ1v) is 8.40. The van der Waals surface area contributed by atoms with Gasteiger partial charge in [-0.05, 0) is 18.1 Å². The molecule has 3 rings (SSSR count). The third kappa shape index (κ3) is 3.67. The summed E-state index contributed by atoms with van der Waals surface area (Å²) in [6.45, 7) is 0.253. The third-order valence-electron chi connectivity index (χ3n) is 4.37. The lowest BCUT2D eigenvalue weighted by Gasteiger charge is -2.08. The molecule has 0 fully saturated rings. The van der Waals surface area contributed by atoms with E-state index in [1.807, 2.05) is 0 Å². The summed E-state index contributed by atoms with van der Waals surface area (Å²) in [6, 6.07) is 6.27. The number of aryl methyl sites for hydroxylation is 2. The molecular weight excluding hydrogens is 355 g/mol. The van der Waals surface area contributed by atoms with Gasteiger partial charge in [0.2, 0.25) is 0 Å². The van der Waals surface area contributed by atoms with Gasteiger partial charge < -0.3 is 9.30 Å². The summed E-state index contributed by atoms with van der Waals surface area (Å²) in [6.07, 6.45) is 1.74. The standard InChI is InChI=1S/C18H19FN4O4/c1-21-16-15(17(25)22(2)18(21)26)23(11-20-16)9-10-27-14(24)8-7-12-5-3-4-6-13(12)19/h3-6,11H,7-10H2,1-2H3. The highest BCUT2D eigenvalue weighted by atomic mass is 19.1. The summed E-state index contributed by atoms with van der Waals surface area (Å²) in [5.41, 5.74) is 0.0734. The number of hydrogen-bond donors (Lipinski definition) is 0. The summed E-state index contributed by atoms with van der Waals surface area (Å²) in [5, 5.41) is 0. The summed E-state index contributed by atoms with van der Waals surface area (Å²) < 4.78 is 22.5. The van der Waals surface area contributed by atoms with Crippen LogP contribution in [0.3, 0.4) is 0 Å². The van der Waals surface area contributed by atoms with Crippen LogP contribution in [0.5, 0.6) is 0 Å². The van der Waals surface area contributed by atoms with Gasteiger partial charge in [0.25, 0.3) is 5.56 Å². The highest BCUT2D eigenvalue weighted by Crippen LogP contribution is 2.09. The zero-order valence-electron chi connectivity index (χ0n) is 15.0. The van der Waals surface area contributed by atoms with E-state index in [-0.39, 0.29) is 43.0 Å². The lowest BCUT2D eigenvalue weighted by molar-refractivity contribution is -0.143. The first-order chi connectivity index (χ1) is 12.9. The van der Waals surface area contributed by atoms with Crippen molar-refractivity contribution in [2.75, 3.05) is 6.61 Å². The quantitative estimate of drug-likeness (QED) is 0.594. The van der Waals surface area contributed by atoms with Crippen molar-refractivity contribution in [2.24, 2.45) is 14.1 Å². The van der Waals surface area contributed by atoms with Crippen molar-refractivity contribution in [1.82, 2.24) is 18.7 Å². The Morgan fingerprint density at radius 1 is 1.19 bits per heavy atom. The molecule has 8 nitrogen and oxygen atoms in total. The van der Waals surface area contributed by atoms with Crippen LogP contribution < -0.4 is 11.2 Å². The number of imidazole rings is 1. The van der Waals surface area contributed by atoms with E-state index in [0.717, 1.165) is 4.57 Å². The highest BCUT2D eigenvalue weighted by molar-refractivity contribution is 5.70. The van der Waals surface area contributed by atoms with Gasteiger partial charge in [0.15, 0.2) is 11.2 Å². The molecule has 0 radical (unpaired) electrons. The van der Waals surface area contributed by atoms with Gasteiger partial charge in [0.05, 0.1) is 12.9 Å². The Hall–Kier alpha value is -3.23. The van der Waals surface area contributed by atoms with E-state index in [1.165, 1.54) is 31.1 Å². The van der Waals surface area contributed by atoms with E-state index in [4.69, 9.17) is 4.74 Å². The molecule has 0 amide bonds. The van der Waals surface area contributed by atoms with E-state index < -0.39 is 17.2 Å². The minimum absolute atomic E-state index is 0.0353. The number of halogens is 1. The maximum absolute atomic E-state index is 13.5. The van der Waals surface area contributed by atoms with Gasteiger partial charge in [-0.1, -0.05) is 18.2 Å². The zero-order valence-corrected chi connectivity index (χ0v) is 15.0. The number of rotatable bonds is 6. The number of esters is 1. The van der Waals surface area contributed by atoms with Crippen molar-refractivity contribution < 1.29 is 13.9 Å². The van der Waals surface area contributed by atoms with Gasteiger partial charge in [-0.15, -0.1) is 0 Å². The fourth-order valence-electron chi connectivity index (χ4n) is 2.83. The molecule has 0 spiro atoms. The SMILES string of the molecule is Cn1c(=O)c2c(ncn2CCOC(=O)CCc2ccccc2F)n(C)c1=O. The van der Waals surface area contributed by atoms with Gasteiger partial charge >= 0.3 is 11.7 Å². The number of fused-ring (bicyclic) bond motifs is 1. The van der Waals surface area contributed by atoms with E-state index in [9.17, 15) is 18.8 Å². The second kappa shape index (κ2) is 7.56. The largest absolute Gasteiger partial charge is 0.464 e. The van der Waals surface area contributed by atoms with E-state index >= 15 is 0 Å². The second-order valence-corrected chi connectivity index (χ2v) is 6.13. The molecule has 0 bridgehead atoms. The van der Waals surface area contributed by atoms with Gasteiger partial charge in [-0.2, -0.15) is 0 Å². The van der Waals surface area contributed by atoms with Crippen LogP contribution in [-0.4, -0.2) is 31.3 Å². The van der Waals surface area contributed by atoms with Crippen LogP contribution in [0, 0.1) is 5.82 Å². The molecule has 0 unspecified atom stereocenters. The molecule has 0 aliphatic heterocycles. The number of ether oxygens (including phenoxy) is 1. The maximum Gasteiger partial charge on any atom is 0.332 e. The van der Waals surface area contributed by atoms with Crippen molar-refractivity contribution in [3.05, 3.63) is 62.8 Å². The predicted octanol–water partition coefficient (Wildman–Crippen LogP) is 0.749. The maximum atomic E-state index is 13.5. The molecule has 9 heteroatoms. The Morgan fingerprint density at radius 3 is 2.67 bits per heavy atom. The number of carbonyl (C=O) groups excluding carboxylic acids is 1. The first-order valence-electron chi connectivity index (χ1n) is 8.40. The predicted molar refractivity (Wildman–Crippen MR) is 95.9 cm³/mol. The number of aromatic nitrogens is 4. The number of benzene rings is 1. The van der Waals surface area contributed by atoms with Crippen LogP contribution in [0.2, 0.25) is 0 Å². The molecule has 1 aromatic carbocycles. The van der Waals surface area contributed by atoms with Crippen molar-refractivity contribution in [1.29, 1.82) is 0 Å². The molecule has 2 heterocycles. The Bertz CT molecular complexity index is 1110. The molecule has 3 aromatic rings. The molecule has 0 aliphatic carbocycles. The molecule has 142 valence electrons. The summed E-state index contributed by atoms with van der Waals surface area (Å²) in [4.78, 5) is 40.2. The monoisotopic (exact) mass is 374 g/mol. The highest BCUT2D eigenvalue weighted by Gasteiger charge is 2.14. The molecule has 27 heavy (non-hydrogen) atoms. The van der Waals surface area contributed by atoms with Crippen LogP contribution in [0.4, 0.5) is 4.39 Å². The minimum atomic E-state index is -0.462. The van der Waals surface area contributed by atoms with E-state index in [2.05, 4.69) is 4.98 Å². The van der Waals surface area contributed by atoms with Crippen LogP contribution in [0.25, 0.3) is 11.2 Å². The number of carbonyl (C=O) groups is 1. The topological polar surface area (TPSA) is 88.1 Å². The fraction of sp³-hybridized carbons (Fsp3) is 0.333. The van der Waals surface area contributed by atoms with Gasteiger partial charge in [-0.25, -0.2) is 14.2 Å². The Kier molecular flexibility index (Phi) is 5.20. The summed E-state index contributed by atoms with van der Waals surface area (Å²) in [5.74, 6) is -0.806. The van der Waals surface area contributed by atoms with E-state index in [1.54, 1.807) is 22.8 Å². The fourth-order valence-corrected chi connectivity index (χ4v) is 2.83. The van der Waals surface area contributed by atoms with Crippen molar-refractivity contribution >= 4 is 17.1 Å². The average Bonchev–Trinajstić information content (AvgIpc) is 3.08. The molecule has 0 saturated carbocycles. The molecule has 0 atom stereocenters. The molecule has 0 N–H and O–H groups in total. The smallest absolute Gasteiger partial charge is 0.332 e. The van der Waals surface area contributed by atoms with Crippen molar-refractivity contribution in [3.8, 4) is 0 Å². The van der Waals surface area contributed by atoms with E-state index in [0.29, 0.717) is 5.56 Å². The Morgan fingerprint density at radius 2 is 1.93 bits per heavy atom. The average molecular weight is 374 g/mol. The minimum Gasteiger partial charge on any atom is -0.464 e. The summed E-state index contributed by atoms with van der Waals surface area (Å²) >= 11 is 0. The molecule has 2 aromatic heterocycles. The van der Waals surface area contributed by atoms with Crippen molar-refractivity contribution in [2.45, 2.75) is 19.4 Å². The lowest BCUT2D eigenvalue weighted by atomic mass is 10.1. The molecule has 0 saturated heterocycles. The van der Waals surface area contributed by atoms with Crippen LogP contribution in [0.15, 0.2) is 40.2 Å². The number of nitrogens with zero attached hydrogens (tertiary/aromatic N) is 4. The number of hydrogen-bond acceptors (Lipinski definition) is 5. The van der Waals surface area contributed by atoms with Gasteiger partial charge in [0.1, 0.15) is 12.4 Å².